The van der Waals surface area contributed by atoms with Crippen LogP contribution in [0.4, 0.5) is 10.1 Å². The van der Waals surface area contributed by atoms with Gasteiger partial charge in [-0.15, -0.1) is 0 Å². The maximum absolute atomic E-state index is 13.2. The second-order valence-corrected chi connectivity index (χ2v) is 7.86. The molecular formula is C23H28FN3O3. The van der Waals surface area contributed by atoms with Crippen molar-refractivity contribution in [2.24, 2.45) is 5.92 Å². The van der Waals surface area contributed by atoms with Crippen molar-refractivity contribution in [3.63, 3.8) is 0 Å². The van der Waals surface area contributed by atoms with Crippen LogP contribution in [0.25, 0.3) is 0 Å². The summed E-state index contributed by atoms with van der Waals surface area (Å²) in [6, 6.07) is 13.0. The Bertz CT molecular complexity index is 862. The van der Waals surface area contributed by atoms with Gasteiger partial charge in [-0.1, -0.05) is 19.9 Å². The number of nitrogens with zero attached hydrogens (tertiary/aromatic N) is 2. The Hall–Kier alpha value is -2.93. The van der Waals surface area contributed by atoms with Crippen LogP contribution in [-0.2, 0) is 4.79 Å². The van der Waals surface area contributed by atoms with Crippen LogP contribution >= 0.6 is 0 Å². The van der Waals surface area contributed by atoms with Gasteiger partial charge < -0.3 is 15.0 Å². The van der Waals surface area contributed by atoms with Gasteiger partial charge in [-0.25, -0.2) is 4.39 Å². The number of halogens is 1. The molecule has 7 heteroatoms. The molecule has 0 radical (unpaired) electrons. The highest BCUT2D eigenvalue weighted by molar-refractivity contribution is 5.94. The minimum Gasteiger partial charge on any atom is -0.493 e. The summed E-state index contributed by atoms with van der Waals surface area (Å²) in [4.78, 5) is 28.7. The molecular weight excluding hydrogens is 385 g/mol. The van der Waals surface area contributed by atoms with Gasteiger partial charge in [0.25, 0.3) is 5.91 Å². The lowest BCUT2D eigenvalue weighted by molar-refractivity contribution is -0.117. The van der Waals surface area contributed by atoms with E-state index >= 15 is 0 Å². The highest BCUT2D eigenvalue weighted by Crippen LogP contribution is 2.16. The summed E-state index contributed by atoms with van der Waals surface area (Å²) in [7, 11) is 0. The topological polar surface area (TPSA) is 61.9 Å². The number of nitrogens with one attached hydrogen (secondary N) is 1. The van der Waals surface area contributed by atoms with E-state index in [-0.39, 0.29) is 24.2 Å². The molecule has 0 saturated carbocycles. The molecule has 0 unspecified atom stereocenters. The van der Waals surface area contributed by atoms with Crippen molar-refractivity contribution in [3.05, 3.63) is 59.9 Å². The van der Waals surface area contributed by atoms with Gasteiger partial charge in [-0.2, -0.15) is 0 Å². The fourth-order valence-corrected chi connectivity index (χ4v) is 3.22. The second kappa shape index (κ2) is 10.2. The molecule has 0 aromatic heterocycles. The molecule has 1 aliphatic heterocycles. The molecule has 0 bridgehead atoms. The molecule has 30 heavy (non-hydrogen) atoms. The largest absolute Gasteiger partial charge is 0.493 e. The third kappa shape index (κ3) is 6.29. The predicted octanol–water partition coefficient (Wildman–Crippen LogP) is 3.26. The molecule has 1 fully saturated rings. The van der Waals surface area contributed by atoms with Crippen LogP contribution in [0.5, 0.6) is 5.75 Å². The summed E-state index contributed by atoms with van der Waals surface area (Å²) in [5.41, 5.74) is 1.07. The SMILES string of the molecule is CC(C)COc1ccc(C(=O)N2CCN(CC(=O)Nc3cccc(F)c3)CC2)cc1. The molecule has 1 aliphatic rings. The molecule has 2 aromatic carbocycles. The summed E-state index contributed by atoms with van der Waals surface area (Å²) in [5, 5.41) is 2.70. The van der Waals surface area contributed by atoms with Crippen LogP contribution in [0.15, 0.2) is 48.5 Å². The van der Waals surface area contributed by atoms with Crippen molar-refractivity contribution in [2.75, 3.05) is 44.6 Å². The first kappa shape index (κ1) is 21.8. The van der Waals surface area contributed by atoms with Crippen molar-refractivity contribution >= 4 is 17.5 Å². The highest BCUT2D eigenvalue weighted by atomic mass is 19.1. The number of carbonyl (C=O) groups excluding carboxylic acids is 2. The Morgan fingerprint density at radius 1 is 1.07 bits per heavy atom. The third-order valence-electron chi connectivity index (χ3n) is 4.82. The first-order valence-electron chi connectivity index (χ1n) is 10.2. The van der Waals surface area contributed by atoms with Crippen molar-refractivity contribution < 1.29 is 18.7 Å². The van der Waals surface area contributed by atoms with E-state index in [0.29, 0.717) is 50.0 Å². The van der Waals surface area contributed by atoms with Crippen LogP contribution in [0, 0.1) is 11.7 Å². The van der Waals surface area contributed by atoms with Crippen molar-refractivity contribution in [3.8, 4) is 5.75 Å². The van der Waals surface area contributed by atoms with E-state index in [4.69, 9.17) is 4.74 Å². The summed E-state index contributed by atoms with van der Waals surface area (Å²) in [6.45, 7) is 7.35. The summed E-state index contributed by atoms with van der Waals surface area (Å²) in [5.74, 6) is 0.596. The van der Waals surface area contributed by atoms with Crippen molar-refractivity contribution in [1.82, 2.24) is 9.80 Å². The molecule has 2 aromatic rings. The molecule has 1 N–H and O–H groups in total. The van der Waals surface area contributed by atoms with Gasteiger partial charge >= 0.3 is 0 Å². The minimum absolute atomic E-state index is 0.0192. The zero-order valence-corrected chi connectivity index (χ0v) is 17.4. The maximum Gasteiger partial charge on any atom is 0.253 e. The first-order chi connectivity index (χ1) is 14.4. The lowest BCUT2D eigenvalue weighted by Gasteiger charge is -2.34. The van der Waals surface area contributed by atoms with Crippen LogP contribution in [0.1, 0.15) is 24.2 Å². The number of benzene rings is 2. The van der Waals surface area contributed by atoms with Gasteiger partial charge in [0.05, 0.1) is 13.2 Å². The number of hydrogen-bond acceptors (Lipinski definition) is 4. The number of anilines is 1. The Balaban J connectivity index is 1.45. The van der Waals surface area contributed by atoms with E-state index in [9.17, 15) is 14.0 Å². The Morgan fingerprint density at radius 3 is 2.40 bits per heavy atom. The van der Waals surface area contributed by atoms with E-state index in [0.717, 1.165) is 5.75 Å². The van der Waals surface area contributed by atoms with E-state index in [1.54, 1.807) is 29.2 Å². The van der Waals surface area contributed by atoms with Gasteiger partial charge in [0, 0.05) is 37.4 Å². The molecule has 1 heterocycles. The average Bonchev–Trinajstić information content (AvgIpc) is 2.72. The van der Waals surface area contributed by atoms with Crippen LogP contribution < -0.4 is 10.1 Å². The number of piperazine rings is 1. The van der Waals surface area contributed by atoms with Crippen molar-refractivity contribution in [2.45, 2.75) is 13.8 Å². The van der Waals surface area contributed by atoms with E-state index in [1.165, 1.54) is 12.1 Å². The van der Waals surface area contributed by atoms with Gasteiger partial charge in [-0.05, 0) is 48.4 Å². The first-order valence-corrected chi connectivity index (χ1v) is 10.2. The second-order valence-electron chi connectivity index (χ2n) is 7.86. The lowest BCUT2D eigenvalue weighted by Crippen LogP contribution is -2.50. The van der Waals surface area contributed by atoms with Crippen LogP contribution in [0.2, 0.25) is 0 Å². The van der Waals surface area contributed by atoms with E-state index in [2.05, 4.69) is 19.2 Å². The monoisotopic (exact) mass is 413 g/mol. The summed E-state index contributed by atoms with van der Waals surface area (Å²) >= 11 is 0. The fourth-order valence-electron chi connectivity index (χ4n) is 3.22. The Labute approximate surface area is 176 Å². The smallest absolute Gasteiger partial charge is 0.253 e. The molecule has 160 valence electrons. The van der Waals surface area contributed by atoms with Crippen LogP contribution in [-0.4, -0.2) is 60.9 Å². The molecule has 0 atom stereocenters. The molecule has 2 amide bonds. The Kier molecular flexibility index (Phi) is 7.41. The number of hydrogen-bond donors (Lipinski definition) is 1. The standard InChI is InChI=1S/C23H28FN3O3/c1-17(2)16-30-21-8-6-18(7-9-21)23(29)27-12-10-26(11-13-27)15-22(28)25-20-5-3-4-19(24)14-20/h3-9,14,17H,10-13,15-16H2,1-2H3,(H,25,28). The number of amides is 2. The average molecular weight is 413 g/mol. The van der Waals surface area contributed by atoms with E-state index in [1.807, 2.05) is 17.0 Å². The number of carbonyl (C=O) groups is 2. The lowest BCUT2D eigenvalue weighted by atomic mass is 10.1. The minimum atomic E-state index is -0.389. The van der Waals surface area contributed by atoms with Crippen molar-refractivity contribution in [1.29, 1.82) is 0 Å². The summed E-state index contributed by atoms with van der Waals surface area (Å²) in [6.07, 6.45) is 0. The highest BCUT2D eigenvalue weighted by Gasteiger charge is 2.23. The zero-order valence-electron chi connectivity index (χ0n) is 17.4. The van der Waals surface area contributed by atoms with Gasteiger partial charge in [-0.3, -0.25) is 14.5 Å². The van der Waals surface area contributed by atoms with Crippen LogP contribution in [0.3, 0.4) is 0 Å². The number of ether oxygens (including phenoxy) is 1. The maximum atomic E-state index is 13.2. The number of rotatable bonds is 7. The quantitative estimate of drug-likeness (QED) is 0.757. The molecule has 6 nitrogen and oxygen atoms in total. The van der Waals surface area contributed by atoms with Gasteiger partial charge in [0.15, 0.2) is 0 Å². The summed E-state index contributed by atoms with van der Waals surface area (Å²) < 4.78 is 18.9. The zero-order chi connectivity index (χ0) is 21.5. The van der Waals surface area contributed by atoms with Gasteiger partial charge in [0.2, 0.25) is 5.91 Å². The molecule has 1 saturated heterocycles. The fraction of sp³-hybridized carbons (Fsp3) is 0.391. The third-order valence-corrected chi connectivity index (χ3v) is 4.82. The Morgan fingerprint density at radius 2 is 1.77 bits per heavy atom. The predicted molar refractivity (Wildman–Crippen MR) is 114 cm³/mol. The normalized spacial score (nSPS) is 14.6. The van der Waals surface area contributed by atoms with E-state index < -0.39 is 0 Å². The van der Waals surface area contributed by atoms with Gasteiger partial charge in [0.1, 0.15) is 11.6 Å². The molecule has 0 aliphatic carbocycles. The molecule has 0 spiro atoms. The molecule has 3 rings (SSSR count).